The fraction of sp³-hybridized carbons (Fsp3) is 0.368. The molecule has 0 unspecified atom stereocenters. The van der Waals surface area contributed by atoms with E-state index < -0.39 is 0 Å². The zero-order valence-corrected chi connectivity index (χ0v) is 13.4. The highest BCUT2D eigenvalue weighted by atomic mass is 19.1. The van der Waals surface area contributed by atoms with Crippen LogP contribution in [0.25, 0.3) is 0 Å². The first-order valence-electron chi connectivity index (χ1n) is 8.34. The zero-order valence-electron chi connectivity index (χ0n) is 13.4. The van der Waals surface area contributed by atoms with Crippen LogP contribution in [0.3, 0.4) is 0 Å². The summed E-state index contributed by atoms with van der Waals surface area (Å²) < 4.78 is 24.2. The Bertz CT molecular complexity index is 726. The van der Waals surface area contributed by atoms with Crippen LogP contribution in [0.15, 0.2) is 36.4 Å². The van der Waals surface area contributed by atoms with E-state index in [1.165, 1.54) is 18.6 Å². The first-order valence-corrected chi connectivity index (χ1v) is 8.34. The topological polar surface area (TPSA) is 41.9 Å². The monoisotopic (exact) mass is 329 g/mol. The van der Waals surface area contributed by atoms with E-state index in [9.17, 15) is 9.50 Å². The lowest BCUT2D eigenvalue weighted by molar-refractivity contribution is 0.173. The molecule has 4 nitrogen and oxygen atoms in total. The number of aromatic hydroxyl groups is 1. The predicted octanol–water partition coefficient (Wildman–Crippen LogP) is 3.84. The highest BCUT2D eigenvalue weighted by molar-refractivity contribution is 5.54. The number of phenols is 1. The predicted molar refractivity (Wildman–Crippen MR) is 87.9 cm³/mol. The van der Waals surface area contributed by atoms with Crippen molar-refractivity contribution < 1.29 is 19.0 Å². The van der Waals surface area contributed by atoms with Gasteiger partial charge in [0.2, 0.25) is 6.79 Å². The summed E-state index contributed by atoms with van der Waals surface area (Å²) >= 11 is 0. The third-order valence-electron chi connectivity index (χ3n) is 4.76. The molecule has 1 atom stereocenters. The van der Waals surface area contributed by atoms with Crippen LogP contribution in [0.1, 0.15) is 36.4 Å². The van der Waals surface area contributed by atoms with E-state index in [4.69, 9.17) is 9.47 Å². The fourth-order valence-corrected chi connectivity index (χ4v) is 3.57. The molecule has 0 aromatic heterocycles. The molecule has 1 fully saturated rings. The summed E-state index contributed by atoms with van der Waals surface area (Å²) in [5, 5.41) is 10.6. The molecule has 0 spiro atoms. The van der Waals surface area contributed by atoms with E-state index in [2.05, 4.69) is 4.90 Å². The minimum atomic E-state index is -0.258. The van der Waals surface area contributed by atoms with Crippen LogP contribution in [-0.2, 0) is 0 Å². The average Bonchev–Trinajstić information content (AvgIpc) is 3.05. The minimum absolute atomic E-state index is 0.125. The van der Waals surface area contributed by atoms with Crippen molar-refractivity contribution in [3.63, 3.8) is 0 Å². The number of hydrogen-bond donors (Lipinski definition) is 1. The van der Waals surface area contributed by atoms with Crippen molar-refractivity contribution in [1.82, 2.24) is 4.90 Å². The molecule has 2 aliphatic rings. The Kier molecular flexibility index (Phi) is 4.02. The smallest absolute Gasteiger partial charge is 0.231 e. The molecule has 5 heteroatoms. The van der Waals surface area contributed by atoms with Gasteiger partial charge in [-0.2, -0.15) is 0 Å². The molecule has 2 heterocycles. The quantitative estimate of drug-likeness (QED) is 0.929. The maximum Gasteiger partial charge on any atom is 0.231 e. The van der Waals surface area contributed by atoms with Crippen molar-refractivity contribution in [3.05, 3.63) is 53.3 Å². The third kappa shape index (κ3) is 2.80. The Morgan fingerprint density at radius 2 is 1.62 bits per heavy atom. The number of phenolic OH excluding ortho intramolecular Hbond substituents is 1. The van der Waals surface area contributed by atoms with Gasteiger partial charge in [-0.1, -0.05) is 18.6 Å². The molecule has 126 valence electrons. The molecular weight excluding hydrogens is 309 g/mol. The summed E-state index contributed by atoms with van der Waals surface area (Å²) in [5.74, 6) is 1.13. The van der Waals surface area contributed by atoms with Crippen molar-refractivity contribution in [2.75, 3.05) is 19.9 Å². The number of hydrogen-bond acceptors (Lipinski definition) is 4. The maximum atomic E-state index is 13.4. The first-order chi connectivity index (χ1) is 11.7. The average molecular weight is 329 g/mol. The van der Waals surface area contributed by atoms with Crippen molar-refractivity contribution >= 4 is 0 Å². The number of piperidine rings is 1. The Morgan fingerprint density at radius 3 is 2.33 bits per heavy atom. The van der Waals surface area contributed by atoms with Gasteiger partial charge in [-0.25, -0.2) is 4.39 Å². The first kappa shape index (κ1) is 15.3. The molecule has 2 aromatic carbocycles. The van der Waals surface area contributed by atoms with E-state index >= 15 is 0 Å². The lowest BCUT2D eigenvalue weighted by Crippen LogP contribution is -2.34. The number of nitrogens with zero attached hydrogens (tertiary/aromatic N) is 1. The van der Waals surface area contributed by atoms with Gasteiger partial charge in [0, 0.05) is 11.6 Å². The molecule has 1 saturated heterocycles. The van der Waals surface area contributed by atoms with Crippen molar-refractivity contribution in [3.8, 4) is 17.2 Å². The molecule has 0 aliphatic carbocycles. The van der Waals surface area contributed by atoms with Crippen LogP contribution in [0.2, 0.25) is 0 Å². The molecule has 24 heavy (non-hydrogen) atoms. The van der Waals surface area contributed by atoms with Crippen LogP contribution >= 0.6 is 0 Å². The molecule has 0 saturated carbocycles. The Hall–Kier alpha value is -2.27. The summed E-state index contributed by atoms with van der Waals surface area (Å²) in [6, 6.07) is 9.85. The number of rotatable bonds is 3. The summed E-state index contributed by atoms with van der Waals surface area (Å²) in [7, 11) is 0. The van der Waals surface area contributed by atoms with Gasteiger partial charge in [-0.15, -0.1) is 0 Å². The molecular formula is C19H20FNO3. The van der Waals surface area contributed by atoms with Gasteiger partial charge in [-0.3, -0.25) is 4.90 Å². The standard InChI is InChI=1S/C19H20FNO3/c20-14-6-4-13(5-7-14)19(21-8-2-1-3-9-21)15-10-17-18(11-16(15)22)24-12-23-17/h4-7,10-11,19,22H,1-3,8-9,12H2/t19-/m1/s1. The SMILES string of the molecule is Oc1cc2c(cc1[C@@H](c1ccc(F)cc1)N1CCCCC1)OCO2. The van der Waals surface area contributed by atoms with Gasteiger partial charge in [-0.05, 0) is 49.7 Å². The summed E-state index contributed by atoms with van der Waals surface area (Å²) in [4.78, 5) is 2.34. The van der Waals surface area contributed by atoms with Crippen LogP contribution in [0.4, 0.5) is 4.39 Å². The number of likely N-dealkylation sites (tertiary alicyclic amines) is 1. The number of ether oxygens (including phenoxy) is 2. The number of halogens is 1. The van der Waals surface area contributed by atoms with E-state index in [1.54, 1.807) is 18.2 Å². The summed E-state index contributed by atoms with van der Waals surface area (Å²) in [5.41, 5.74) is 1.74. The van der Waals surface area contributed by atoms with E-state index in [0.717, 1.165) is 37.1 Å². The van der Waals surface area contributed by atoms with Gasteiger partial charge in [0.25, 0.3) is 0 Å². The van der Waals surface area contributed by atoms with Crippen LogP contribution in [-0.4, -0.2) is 29.9 Å². The second-order valence-corrected chi connectivity index (χ2v) is 6.32. The fourth-order valence-electron chi connectivity index (χ4n) is 3.57. The third-order valence-corrected chi connectivity index (χ3v) is 4.76. The van der Waals surface area contributed by atoms with Gasteiger partial charge in [0.05, 0.1) is 6.04 Å². The molecule has 0 bridgehead atoms. The molecule has 0 amide bonds. The largest absolute Gasteiger partial charge is 0.507 e. The second kappa shape index (κ2) is 6.32. The maximum absolute atomic E-state index is 13.4. The molecule has 2 aromatic rings. The van der Waals surface area contributed by atoms with Gasteiger partial charge in [0.1, 0.15) is 11.6 Å². The normalized spacial score (nSPS) is 18.5. The van der Waals surface area contributed by atoms with Gasteiger partial charge < -0.3 is 14.6 Å². The summed E-state index contributed by atoms with van der Waals surface area (Å²) in [6.45, 7) is 2.08. The highest BCUT2D eigenvalue weighted by Crippen LogP contribution is 2.43. The van der Waals surface area contributed by atoms with Crippen LogP contribution < -0.4 is 9.47 Å². The number of benzene rings is 2. The van der Waals surface area contributed by atoms with E-state index in [0.29, 0.717) is 11.5 Å². The van der Waals surface area contributed by atoms with Crippen molar-refractivity contribution in [2.24, 2.45) is 0 Å². The van der Waals surface area contributed by atoms with E-state index in [1.807, 2.05) is 6.07 Å². The molecule has 0 radical (unpaired) electrons. The molecule has 1 N–H and O–H groups in total. The van der Waals surface area contributed by atoms with Gasteiger partial charge >= 0.3 is 0 Å². The Morgan fingerprint density at radius 1 is 0.958 bits per heavy atom. The highest BCUT2D eigenvalue weighted by Gasteiger charge is 2.28. The Balaban J connectivity index is 1.78. The summed E-state index contributed by atoms with van der Waals surface area (Å²) in [6.07, 6.45) is 3.48. The van der Waals surface area contributed by atoms with Crippen molar-refractivity contribution in [2.45, 2.75) is 25.3 Å². The lowest BCUT2D eigenvalue weighted by atomic mass is 9.94. The zero-order chi connectivity index (χ0) is 16.5. The van der Waals surface area contributed by atoms with E-state index in [-0.39, 0.29) is 24.4 Å². The van der Waals surface area contributed by atoms with Gasteiger partial charge in [0.15, 0.2) is 11.5 Å². The Labute approximate surface area is 140 Å². The van der Waals surface area contributed by atoms with Crippen LogP contribution in [0.5, 0.6) is 17.2 Å². The van der Waals surface area contributed by atoms with Crippen LogP contribution in [0, 0.1) is 5.82 Å². The minimum Gasteiger partial charge on any atom is -0.507 e. The lowest BCUT2D eigenvalue weighted by Gasteiger charge is -2.35. The second-order valence-electron chi connectivity index (χ2n) is 6.32. The molecule has 2 aliphatic heterocycles. The van der Waals surface area contributed by atoms with Crippen molar-refractivity contribution in [1.29, 1.82) is 0 Å². The number of fused-ring (bicyclic) bond motifs is 1. The molecule has 4 rings (SSSR count).